The Kier molecular flexibility index (Phi) is 4.06. The van der Waals surface area contributed by atoms with Gasteiger partial charge in [0.1, 0.15) is 6.04 Å². The molecule has 0 aromatic heterocycles. The molecular formula is C13H13F3N2O3. The normalized spacial score (nSPS) is 18.6. The van der Waals surface area contributed by atoms with E-state index in [1.165, 1.54) is 0 Å². The number of piperazine rings is 1. The number of benzene rings is 1. The zero-order valence-electron chi connectivity index (χ0n) is 11.1. The molecule has 2 amide bonds. The van der Waals surface area contributed by atoms with E-state index in [4.69, 9.17) is 5.11 Å². The van der Waals surface area contributed by atoms with E-state index in [2.05, 4.69) is 5.32 Å². The first-order valence-electron chi connectivity index (χ1n) is 6.33. The number of halogens is 3. The van der Waals surface area contributed by atoms with Gasteiger partial charge in [0.05, 0.1) is 5.56 Å². The van der Waals surface area contributed by atoms with Crippen molar-refractivity contribution in [3.05, 3.63) is 29.1 Å². The highest BCUT2D eigenvalue weighted by molar-refractivity contribution is 5.98. The lowest BCUT2D eigenvalue weighted by atomic mass is 10.1. The third-order valence-electron chi connectivity index (χ3n) is 3.34. The van der Waals surface area contributed by atoms with Crippen LogP contribution in [0.2, 0.25) is 0 Å². The molecule has 114 valence electrons. The Labute approximate surface area is 118 Å². The molecule has 1 aromatic carbocycles. The second kappa shape index (κ2) is 5.63. The van der Waals surface area contributed by atoms with Gasteiger partial charge in [0.2, 0.25) is 11.7 Å². The van der Waals surface area contributed by atoms with Crippen LogP contribution in [0.4, 0.5) is 13.2 Å². The summed E-state index contributed by atoms with van der Waals surface area (Å²) >= 11 is 0. The number of nitrogens with zero attached hydrogens (tertiary/aromatic N) is 1. The van der Waals surface area contributed by atoms with Gasteiger partial charge in [-0.15, -0.1) is 0 Å². The Morgan fingerprint density at radius 1 is 1.43 bits per heavy atom. The molecule has 1 fully saturated rings. The molecule has 1 aliphatic rings. The number of phenolic OH excluding ortho intramolecular Hbond substituents is 1. The van der Waals surface area contributed by atoms with E-state index in [-0.39, 0.29) is 19.5 Å². The number of carbonyl (C=O) groups is 2. The van der Waals surface area contributed by atoms with Gasteiger partial charge in [-0.1, -0.05) is 6.92 Å². The lowest BCUT2D eigenvalue weighted by Gasteiger charge is -2.34. The lowest BCUT2D eigenvalue weighted by molar-refractivity contribution is -0.127. The highest BCUT2D eigenvalue weighted by Crippen LogP contribution is 2.27. The van der Waals surface area contributed by atoms with Crippen LogP contribution in [0.3, 0.4) is 0 Å². The predicted octanol–water partition coefficient (Wildman–Crippen LogP) is 1.16. The molecule has 1 heterocycles. The maximum absolute atomic E-state index is 13.8. The van der Waals surface area contributed by atoms with Crippen LogP contribution in [0.25, 0.3) is 0 Å². The van der Waals surface area contributed by atoms with Crippen LogP contribution >= 0.6 is 0 Å². The molecule has 1 unspecified atom stereocenters. The summed E-state index contributed by atoms with van der Waals surface area (Å²) in [6.07, 6.45) is 0.287. The summed E-state index contributed by atoms with van der Waals surface area (Å²) in [5.74, 6) is -7.75. The molecule has 8 heteroatoms. The fourth-order valence-corrected chi connectivity index (χ4v) is 2.26. The summed E-state index contributed by atoms with van der Waals surface area (Å²) in [7, 11) is 0. The van der Waals surface area contributed by atoms with E-state index in [0.717, 1.165) is 4.90 Å². The number of rotatable bonds is 2. The highest BCUT2D eigenvalue weighted by Gasteiger charge is 2.34. The van der Waals surface area contributed by atoms with Crippen molar-refractivity contribution in [2.75, 3.05) is 13.1 Å². The Bertz CT molecular complexity index is 607. The second-order valence-electron chi connectivity index (χ2n) is 4.60. The Hall–Kier alpha value is -2.25. The van der Waals surface area contributed by atoms with E-state index in [1.54, 1.807) is 6.92 Å². The molecule has 2 N–H and O–H groups in total. The quantitative estimate of drug-likeness (QED) is 0.806. The van der Waals surface area contributed by atoms with Gasteiger partial charge in [-0.3, -0.25) is 9.59 Å². The van der Waals surface area contributed by atoms with E-state index in [0.29, 0.717) is 6.07 Å². The van der Waals surface area contributed by atoms with Crippen molar-refractivity contribution in [3.8, 4) is 5.75 Å². The SMILES string of the molecule is CCC1C(=O)NCCN1C(=O)c1cc(F)c(F)c(O)c1F. The van der Waals surface area contributed by atoms with Gasteiger partial charge < -0.3 is 15.3 Å². The maximum atomic E-state index is 13.8. The van der Waals surface area contributed by atoms with E-state index in [9.17, 15) is 22.8 Å². The standard InChI is InChI=1S/C13H13F3N2O3/c1-2-8-12(20)17-3-4-18(8)13(21)6-5-7(14)10(16)11(19)9(6)15/h5,8,19H,2-4H2,1H3,(H,17,20). The first-order chi connectivity index (χ1) is 9.88. The molecule has 0 radical (unpaired) electrons. The van der Waals surface area contributed by atoms with Crippen molar-refractivity contribution in [3.63, 3.8) is 0 Å². The Morgan fingerprint density at radius 3 is 2.71 bits per heavy atom. The van der Waals surface area contributed by atoms with Crippen LogP contribution in [0, 0.1) is 17.5 Å². The highest BCUT2D eigenvalue weighted by atomic mass is 19.2. The average Bonchev–Trinajstić information content (AvgIpc) is 2.47. The molecule has 1 aliphatic heterocycles. The fourth-order valence-electron chi connectivity index (χ4n) is 2.26. The zero-order valence-corrected chi connectivity index (χ0v) is 11.1. The van der Waals surface area contributed by atoms with E-state index < -0.39 is 46.6 Å². The minimum absolute atomic E-state index is 0.113. The Morgan fingerprint density at radius 2 is 2.10 bits per heavy atom. The number of hydrogen-bond donors (Lipinski definition) is 2. The molecule has 2 rings (SSSR count). The number of carbonyl (C=O) groups excluding carboxylic acids is 2. The molecule has 1 saturated heterocycles. The zero-order chi connectivity index (χ0) is 15.7. The third kappa shape index (κ3) is 2.53. The van der Waals surface area contributed by atoms with Crippen LogP contribution in [0.5, 0.6) is 5.75 Å². The summed E-state index contributed by atoms with van der Waals surface area (Å²) in [4.78, 5) is 25.0. The van der Waals surface area contributed by atoms with Gasteiger partial charge in [-0.25, -0.2) is 8.78 Å². The van der Waals surface area contributed by atoms with Gasteiger partial charge >= 0.3 is 0 Å². The molecule has 0 bridgehead atoms. The number of amides is 2. The Balaban J connectivity index is 2.42. The topological polar surface area (TPSA) is 69.6 Å². The minimum Gasteiger partial charge on any atom is -0.503 e. The van der Waals surface area contributed by atoms with Gasteiger partial charge in [0.15, 0.2) is 17.4 Å². The van der Waals surface area contributed by atoms with Gasteiger partial charge in [0, 0.05) is 13.1 Å². The molecule has 21 heavy (non-hydrogen) atoms. The summed E-state index contributed by atoms with van der Waals surface area (Å²) in [6.45, 7) is 1.95. The lowest BCUT2D eigenvalue weighted by Crippen LogP contribution is -2.57. The summed E-state index contributed by atoms with van der Waals surface area (Å²) < 4.78 is 40.1. The number of aromatic hydroxyl groups is 1. The van der Waals surface area contributed by atoms with Gasteiger partial charge in [-0.05, 0) is 12.5 Å². The summed E-state index contributed by atoms with van der Waals surface area (Å²) in [5, 5.41) is 11.7. The molecular weight excluding hydrogens is 289 g/mol. The first kappa shape index (κ1) is 15.1. The van der Waals surface area contributed by atoms with Crippen molar-refractivity contribution >= 4 is 11.8 Å². The average molecular weight is 302 g/mol. The van der Waals surface area contributed by atoms with Gasteiger partial charge in [-0.2, -0.15) is 4.39 Å². The largest absolute Gasteiger partial charge is 0.503 e. The van der Waals surface area contributed by atoms with Crippen molar-refractivity contribution in [2.24, 2.45) is 0 Å². The monoisotopic (exact) mass is 302 g/mol. The fraction of sp³-hybridized carbons (Fsp3) is 0.385. The van der Waals surface area contributed by atoms with Gasteiger partial charge in [0.25, 0.3) is 5.91 Å². The van der Waals surface area contributed by atoms with Crippen molar-refractivity contribution in [2.45, 2.75) is 19.4 Å². The number of hydrogen-bond acceptors (Lipinski definition) is 3. The van der Waals surface area contributed by atoms with E-state index >= 15 is 0 Å². The molecule has 0 spiro atoms. The number of nitrogens with one attached hydrogen (secondary N) is 1. The first-order valence-corrected chi connectivity index (χ1v) is 6.33. The van der Waals surface area contributed by atoms with Crippen molar-refractivity contribution in [1.29, 1.82) is 0 Å². The summed E-state index contributed by atoms with van der Waals surface area (Å²) in [6, 6.07) is -0.438. The van der Waals surface area contributed by atoms with Crippen LogP contribution in [0.15, 0.2) is 6.07 Å². The minimum atomic E-state index is -1.76. The molecule has 1 aromatic rings. The summed E-state index contributed by atoms with van der Waals surface area (Å²) in [5.41, 5.74) is -0.806. The molecule has 1 atom stereocenters. The second-order valence-corrected chi connectivity index (χ2v) is 4.60. The van der Waals surface area contributed by atoms with Crippen molar-refractivity contribution < 1.29 is 27.9 Å². The smallest absolute Gasteiger partial charge is 0.257 e. The van der Waals surface area contributed by atoms with Crippen LogP contribution < -0.4 is 5.32 Å². The molecule has 5 nitrogen and oxygen atoms in total. The predicted molar refractivity (Wildman–Crippen MR) is 66.1 cm³/mol. The van der Waals surface area contributed by atoms with Crippen LogP contribution in [-0.4, -0.2) is 41.0 Å². The van der Waals surface area contributed by atoms with E-state index in [1.807, 2.05) is 0 Å². The molecule has 0 aliphatic carbocycles. The number of phenols is 1. The van der Waals surface area contributed by atoms with Crippen molar-refractivity contribution in [1.82, 2.24) is 10.2 Å². The van der Waals surface area contributed by atoms with Crippen LogP contribution in [-0.2, 0) is 4.79 Å². The van der Waals surface area contributed by atoms with Crippen LogP contribution in [0.1, 0.15) is 23.7 Å². The third-order valence-corrected chi connectivity index (χ3v) is 3.34. The maximum Gasteiger partial charge on any atom is 0.257 e. The molecule has 0 saturated carbocycles.